The Labute approximate surface area is 199 Å². The first-order valence-corrected chi connectivity index (χ1v) is 14.0. The van der Waals surface area contributed by atoms with E-state index >= 15 is 0 Å². The van der Waals surface area contributed by atoms with E-state index in [1.165, 1.54) is 41.7 Å². The second-order valence-corrected chi connectivity index (χ2v) is 11.7. The smallest absolute Gasteiger partial charge is 0.248 e. The summed E-state index contributed by atoms with van der Waals surface area (Å²) in [5.41, 5.74) is 0.224. The van der Waals surface area contributed by atoms with Crippen molar-refractivity contribution in [2.75, 3.05) is 36.1 Å². The van der Waals surface area contributed by atoms with Gasteiger partial charge < -0.3 is 10.1 Å². The summed E-state index contributed by atoms with van der Waals surface area (Å²) in [5, 5.41) is 2.62. The molecule has 1 fully saturated rings. The van der Waals surface area contributed by atoms with Crippen molar-refractivity contribution in [3.8, 4) is 5.75 Å². The monoisotopic (exact) mass is 513 g/mol. The molecule has 2 aromatic rings. The van der Waals surface area contributed by atoms with Crippen LogP contribution in [-0.4, -0.2) is 59.5 Å². The number of anilines is 2. The van der Waals surface area contributed by atoms with Crippen LogP contribution in [0.25, 0.3) is 0 Å². The van der Waals surface area contributed by atoms with Gasteiger partial charge in [-0.2, -0.15) is 4.31 Å². The standard InChI is InChI=1S/C22H28FN3O6S2/c1-4-20(26(33(3,28)29)17-9-7-16(23)8-10-17)22(27)24-19-15-18(11-12-21(19)32-2)34(30,31)25-13-5-6-14-25/h7-12,15,20H,4-6,13-14H2,1-3H3,(H,24,27)/t20-/m0/s1. The summed E-state index contributed by atoms with van der Waals surface area (Å²) in [6.07, 6.45) is 2.62. The fourth-order valence-corrected chi connectivity index (χ4v) is 6.64. The minimum Gasteiger partial charge on any atom is -0.495 e. The van der Waals surface area contributed by atoms with Crippen molar-refractivity contribution >= 4 is 37.3 Å². The van der Waals surface area contributed by atoms with E-state index in [9.17, 15) is 26.0 Å². The van der Waals surface area contributed by atoms with Crippen LogP contribution < -0.4 is 14.4 Å². The molecule has 1 N–H and O–H groups in total. The van der Waals surface area contributed by atoms with Crippen LogP contribution in [0.2, 0.25) is 0 Å². The van der Waals surface area contributed by atoms with Crippen LogP contribution in [0, 0.1) is 5.82 Å². The lowest BCUT2D eigenvalue weighted by Gasteiger charge is -2.30. The third-order valence-electron chi connectivity index (χ3n) is 5.54. The van der Waals surface area contributed by atoms with Crippen molar-refractivity contribution < 1.29 is 30.8 Å². The number of nitrogens with zero attached hydrogens (tertiary/aromatic N) is 2. The molecule has 0 saturated carbocycles. The van der Waals surface area contributed by atoms with Crippen LogP contribution in [0.5, 0.6) is 5.75 Å². The van der Waals surface area contributed by atoms with E-state index in [4.69, 9.17) is 4.74 Å². The topological polar surface area (TPSA) is 113 Å². The molecular formula is C22H28FN3O6S2. The summed E-state index contributed by atoms with van der Waals surface area (Å²) in [7, 11) is -6.30. The number of amides is 1. The van der Waals surface area contributed by atoms with Gasteiger partial charge in [-0.15, -0.1) is 0 Å². The number of sulfonamides is 2. The Morgan fingerprint density at radius 3 is 2.26 bits per heavy atom. The quantitative estimate of drug-likeness (QED) is 0.552. The van der Waals surface area contributed by atoms with E-state index in [1.54, 1.807) is 6.92 Å². The molecule has 1 aliphatic heterocycles. The Kier molecular flexibility index (Phi) is 7.84. The Morgan fingerprint density at radius 2 is 1.74 bits per heavy atom. The van der Waals surface area contributed by atoms with Gasteiger partial charge in [0.15, 0.2) is 0 Å². The number of carbonyl (C=O) groups is 1. The van der Waals surface area contributed by atoms with Gasteiger partial charge in [-0.05, 0) is 61.7 Å². The van der Waals surface area contributed by atoms with Crippen molar-refractivity contribution in [3.05, 3.63) is 48.3 Å². The van der Waals surface area contributed by atoms with Gasteiger partial charge in [0.25, 0.3) is 0 Å². The number of hydrogen-bond donors (Lipinski definition) is 1. The lowest BCUT2D eigenvalue weighted by molar-refractivity contribution is -0.117. The van der Waals surface area contributed by atoms with E-state index in [0.29, 0.717) is 13.1 Å². The van der Waals surface area contributed by atoms with Crippen molar-refractivity contribution in [3.63, 3.8) is 0 Å². The largest absolute Gasteiger partial charge is 0.495 e. The molecule has 186 valence electrons. The molecule has 1 atom stereocenters. The molecule has 2 aromatic carbocycles. The maximum Gasteiger partial charge on any atom is 0.248 e. The highest BCUT2D eigenvalue weighted by Crippen LogP contribution is 2.31. The molecule has 0 aliphatic carbocycles. The Morgan fingerprint density at radius 1 is 1.12 bits per heavy atom. The summed E-state index contributed by atoms with van der Waals surface area (Å²) in [4.78, 5) is 13.2. The molecule has 34 heavy (non-hydrogen) atoms. The van der Waals surface area contributed by atoms with Gasteiger partial charge in [-0.1, -0.05) is 6.92 Å². The van der Waals surface area contributed by atoms with Crippen molar-refractivity contribution in [2.45, 2.75) is 37.1 Å². The molecule has 0 unspecified atom stereocenters. The van der Waals surface area contributed by atoms with Gasteiger partial charge in [-0.25, -0.2) is 21.2 Å². The number of benzene rings is 2. The average molecular weight is 514 g/mol. The number of rotatable bonds is 9. The summed E-state index contributed by atoms with van der Waals surface area (Å²) < 4.78 is 72.1. The second-order valence-electron chi connectivity index (χ2n) is 7.92. The van der Waals surface area contributed by atoms with Gasteiger partial charge in [0.1, 0.15) is 17.6 Å². The molecule has 1 saturated heterocycles. The first-order valence-electron chi connectivity index (χ1n) is 10.7. The Hall–Kier alpha value is -2.70. The van der Waals surface area contributed by atoms with Gasteiger partial charge in [-0.3, -0.25) is 9.10 Å². The maximum atomic E-state index is 13.4. The molecule has 0 spiro atoms. The zero-order valence-corrected chi connectivity index (χ0v) is 20.8. The summed E-state index contributed by atoms with van der Waals surface area (Å²) in [6.45, 7) is 2.49. The highest BCUT2D eigenvalue weighted by atomic mass is 32.2. The zero-order valence-electron chi connectivity index (χ0n) is 19.2. The lowest BCUT2D eigenvalue weighted by Crippen LogP contribution is -2.47. The number of carbonyl (C=O) groups excluding carboxylic acids is 1. The van der Waals surface area contributed by atoms with Gasteiger partial charge in [0, 0.05) is 13.1 Å². The van der Waals surface area contributed by atoms with Crippen molar-refractivity contribution in [2.24, 2.45) is 0 Å². The number of ether oxygens (including phenoxy) is 1. The molecule has 0 radical (unpaired) electrons. The van der Waals surface area contributed by atoms with Crippen LogP contribution in [0.1, 0.15) is 26.2 Å². The molecular weight excluding hydrogens is 485 g/mol. The number of methoxy groups -OCH3 is 1. The first kappa shape index (κ1) is 25.9. The molecule has 9 nitrogen and oxygen atoms in total. The van der Waals surface area contributed by atoms with Gasteiger partial charge in [0.2, 0.25) is 26.0 Å². The number of halogens is 1. The van der Waals surface area contributed by atoms with Crippen LogP contribution in [0.15, 0.2) is 47.4 Å². The first-order chi connectivity index (χ1) is 16.0. The zero-order chi connectivity index (χ0) is 25.1. The van der Waals surface area contributed by atoms with E-state index in [2.05, 4.69) is 5.32 Å². The maximum absolute atomic E-state index is 13.4. The third-order valence-corrected chi connectivity index (χ3v) is 8.62. The molecule has 1 amide bonds. The SMILES string of the molecule is CC[C@@H](C(=O)Nc1cc(S(=O)(=O)N2CCCC2)ccc1OC)N(c1ccc(F)cc1)S(C)(=O)=O. The van der Waals surface area contributed by atoms with Gasteiger partial charge >= 0.3 is 0 Å². The summed E-state index contributed by atoms with van der Waals surface area (Å²) in [5.74, 6) is -1.02. The third kappa shape index (κ3) is 5.50. The second kappa shape index (κ2) is 10.3. The molecule has 3 rings (SSSR count). The minimum absolute atomic E-state index is 0.00273. The van der Waals surface area contributed by atoms with E-state index in [1.807, 2.05) is 0 Å². The fourth-order valence-electron chi connectivity index (χ4n) is 3.89. The van der Waals surface area contributed by atoms with E-state index < -0.39 is 37.8 Å². The predicted molar refractivity (Wildman–Crippen MR) is 127 cm³/mol. The van der Waals surface area contributed by atoms with Crippen molar-refractivity contribution in [1.29, 1.82) is 0 Å². The molecule has 0 aromatic heterocycles. The number of nitrogens with one attached hydrogen (secondary N) is 1. The van der Waals surface area contributed by atoms with Crippen LogP contribution in [0.3, 0.4) is 0 Å². The summed E-state index contributed by atoms with van der Waals surface area (Å²) in [6, 6.07) is 7.73. The normalized spacial score (nSPS) is 15.6. The average Bonchev–Trinajstić information content (AvgIpc) is 3.33. The predicted octanol–water partition coefficient (Wildman–Crippen LogP) is 2.80. The minimum atomic E-state index is -3.92. The molecule has 0 bridgehead atoms. The van der Waals surface area contributed by atoms with Crippen LogP contribution in [0.4, 0.5) is 15.8 Å². The molecule has 1 heterocycles. The highest BCUT2D eigenvalue weighted by molar-refractivity contribution is 7.92. The van der Waals surface area contributed by atoms with Crippen molar-refractivity contribution in [1.82, 2.24) is 4.31 Å². The van der Waals surface area contributed by atoms with Gasteiger partial charge in [0.05, 0.1) is 29.6 Å². The molecule has 12 heteroatoms. The lowest BCUT2D eigenvalue weighted by atomic mass is 10.1. The Bertz CT molecular complexity index is 1240. The van der Waals surface area contributed by atoms with Crippen LogP contribution in [-0.2, 0) is 24.8 Å². The van der Waals surface area contributed by atoms with E-state index in [-0.39, 0.29) is 28.4 Å². The van der Waals surface area contributed by atoms with E-state index in [0.717, 1.165) is 35.5 Å². The fraction of sp³-hybridized carbons (Fsp3) is 0.409. The van der Waals surface area contributed by atoms with Crippen LogP contribution >= 0.6 is 0 Å². The molecule has 1 aliphatic rings. The highest BCUT2D eigenvalue weighted by Gasteiger charge is 2.33. The Balaban J connectivity index is 1.96. The summed E-state index contributed by atoms with van der Waals surface area (Å²) >= 11 is 0. The number of hydrogen-bond acceptors (Lipinski definition) is 6.